The fourth-order valence-corrected chi connectivity index (χ4v) is 3.06. The minimum atomic E-state index is -0.244. The van der Waals surface area contributed by atoms with E-state index in [-0.39, 0.29) is 5.91 Å². The SMILES string of the molecule is O=C(/C=C/c1cccc(Cl)c1)Nc1nc(-c2ccc(Cl)cc2)cs1. The zero-order valence-electron chi connectivity index (χ0n) is 12.4. The van der Waals surface area contributed by atoms with Gasteiger partial charge in [-0.1, -0.05) is 47.5 Å². The summed E-state index contributed by atoms with van der Waals surface area (Å²) in [5, 5.41) is 6.49. The van der Waals surface area contributed by atoms with Crippen LogP contribution in [0.2, 0.25) is 10.0 Å². The van der Waals surface area contributed by atoms with E-state index in [1.807, 2.05) is 41.8 Å². The molecule has 0 saturated heterocycles. The summed E-state index contributed by atoms with van der Waals surface area (Å²) in [7, 11) is 0. The molecule has 1 amide bonds. The Labute approximate surface area is 153 Å². The third-order valence-electron chi connectivity index (χ3n) is 3.15. The highest BCUT2D eigenvalue weighted by Crippen LogP contribution is 2.26. The summed E-state index contributed by atoms with van der Waals surface area (Å²) in [6.45, 7) is 0. The van der Waals surface area contributed by atoms with E-state index in [0.717, 1.165) is 16.8 Å². The predicted molar refractivity (Wildman–Crippen MR) is 102 cm³/mol. The summed E-state index contributed by atoms with van der Waals surface area (Å²) in [5.41, 5.74) is 2.61. The smallest absolute Gasteiger partial charge is 0.250 e. The van der Waals surface area contributed by atoms with Crippen LogP contribution in [0.4, 0.5) is 5.13 Å². The number of carbonyl (C=O) groups excluding carboxylic acids is 1. The summed E-state index contributed by atoms with van der Waals surface area (Å²) in [6.07, 6.45) is 3.16. The van der Waals surface area contributed by atoms with Crippen LogP contribution in [-0.4, -0.2) is 10.9 Å². The van der Waals surface area contributed by atoms with E-state index in [9.17, 15) is 4.79 Å². The standard InChI is InChI=1S/C18H12Cl2N2OS/c19-14-7-5-13(6-8-14)16-11-24-18(21-16)22-17(23)9-4-12-2-1-3-15(20)10-12/h1-11H,(H,21,22,23)/b9-4+. The van der Waals surface area contributed by atoms with Crippen LogP contribution in [0.1, 0.15) is 5.56 Å². The third kappa shape index (κ3) is 4.45. The van der Waals surface area contributed by atoms with Gasteiger partial charge in [0.15, 0.2) is 5.13 Å². The highest BCUT2D eigenvalue weighted by atomic mass is 35.5. The molecule has 0 aliphatic rings. The maximum absolute atomic E-state index is 12.0. The van der Waals surface area contributed by atoms with Crippen LogP contribution in [0, 0.1) is 0 Å². The fraction of sp³-hybridized carbons (Fsp3) is 0. The largest absolute Gasteiger partial charge is 0.298 e. The lowest BCUT2D eigenvalue weighted by Gasteiger charge is -1.98. The van der Waals surface area contributed by atoms with Crippen molar-refractivity contribution in [2.45, 2.75) is 0 Å². The molecule has 3 nitrogen and oxygen atoms in total. The van der Waals surface area contributed by atoms with Crippen molar-refractivity contribution >= 4 is 51.7 Å². The molecule has 0 spiro atoms. The van der Waals surface area contributed by atoms with Gasteiger partial charge in [0.2, 0.25) is 5.91 Å². The Morgan fingerprint density at radius 3 is 2.62 bits per heavy atom. The molecular weight excluding hydrogens is 363 g/mol. The monoisotopic (exact) mass is 374 g/mol. The van der Waals surface area contributed by atoms with Crippen LogP contribution >= 0.6 is 34.5 Å². The number of nitrogens with one attached hydrogen (secondary N) is 1. The van der Waals surface area contributed by atoms with E-state index in [0.29, 0.717) is 15.2 Å². The number of hydrogen-bond donors (Lipinski definition) is 1. The van der Waals surface area contributed by atoms with Crippen LogP contribution in [-0.2, 0) is 4.79 Å². The van der Waals surface area contributed by atoms with E-state index in [1.54, 1.807) is 18.2 Å². The molecule has 0 atom stereocenters. The molecule has 3 aromatic rings. The van der Waals surface area contributed by atoms with Gasteiger partial charge in [-0.05, 0) is 35.9 Å². The lowest BCUT2D eigenvalue weighted by molar-refractivity contribution is -0.111. The van der Waals surface area contributed by atoms with E-state index in [4.69, 9.17) is 23.2 Å². The van der Waals surface area contributed by atoms with Gasteiger partial charge in [-0.2, -0.15) is 0 Å². The van der Waals surface area contributed by atoms with Gasteiger partial charge >= 0.3 is 0 Å². The first-order chi connectivity index (χ1) is 11.6. The average Bonchev–Trinajstić information content (AvgIpc) is 3.02. The Kier molecular flexibility index (Phi) is 5.30. The summed E-state index contributed by atoms with van der Waals surface area (Å²) in [6, 6.07) is 14.7. The first-order valence-corrected chi connectivity index (χ1v) is 8.70. The normalized spacial score (nSPS) is 10.9. The molecule has 0 fully saturated rings. The van der Waals surface area contributed by atoms with Crippen LogP contribution in [0.5, 0.6) is 0 Å². The number of carbonyl (C=O) groups is 1. The number of amides is 1. The highest BCUT2D eigenvalue weighted by Gasteiger charge is 2.06. The molecule has 6 heteroatoms. The van der Waals surface area contributed by atoms with Crippen molar-refractivity contribution < 1.29 is 4.79 Å². The van der Waals surface area contributed by atoms with E-state index < -0.39 is 0 Å². The summed E-state index contributed by atoms with van der Waals surface area (Å²) in [4.78, 5) is 16.4. The van der Waals surface area contributed by atoms with Crippen molar-refractivity contribution in [3.05, 3.63) is 75.6 Å². The zero-order valence-corrected chi connectivity index (χ0v) is 14.7. The van der Waals surface area contributed by atoms with Gasteiger partial charge in [-0.25, -0.2) is 4.98 Å². The summed E-state index contributed by atoms with van der Waals surface area (Å²) < 4.78 is 0. The van der Waals surface area contributed by atoms with E-state index in [1.165, 1.54) is 17.4 Å². The molecule has 1 aromatic heterocycles. The third-order valence-corrected chi connectivity index (χ3v) is 4.39. The van der Waals surface area contributed by atoms with E-state index >= 15 is 0 Å². The molecule has 0 aliphatic carbocycles. The molecular formula is C18H12Cl2N2OS. The number of thiazole rings is 1. The molecule has 0 bridgehead atoms. The first-order valence-electron chi connectivity index (χ1n) is 7.06. The van der Waals surface area contributed by atoms with Crippen molar-refractivity contribution in [1.82, 2.24) is 4.98 Å². The molecule has 1 N–H and O–H groups in total. The molecule has 24 heavy (non-hydrogen) atoms. The highest BCUT2D eigenvalue weighted by molar-refractivity contribution is 7.14. The van der Waals surface area contributed by atoms with Crippen LogP contribution in [0.3, 0.4) is 0 Å². The minimum absolute atomic E-state index is 0.244. The lowest BCUT2D eigenvalue weighted by Crippen LogP contribution is -2.07. The van der Waals surface area contributed by atoms with Gasteiger partial charge < -0.3 is 0 Å². The van der Waals surface area contributed by atoms with E-state index in [2.05, 4.69) is 10.3 Å². The van der Waals surface area contributed by atoms with Gasteiger partial charge in [0.1, 0.15) is 0 Å². The number of rotatable bonds is 4. The van der Waals surface area contributed by atoms with Crippen LogP contribution in [0.15, 0.2) is 60.0 Å². The molecule has 120 valence electrons. The quantitative estimate of drug-likeness (QED) is 0.589. The first kappa shape index (κ1) is 16.7. The van der Waals surface area contributed by atoms with Gasteiger partial charge in [-0.15, -0.1) is 11.3 Å². The number of nitrogens with zero attached hydrogens (tertiary/aromatic N) is 1. The van der Waals surface area contributed by atoms with Crippen LogP contribution < -0.4 is 5.32 Å². The Bertz CT molecular complexity index is 888. The zero-order chi connectivity index (χ0) is 16.9. The number of hydrogen-bond acceptors (Lipinski definition) is 3. The van der Waals surface area contributed by atoms with Gasteiger partial charge in [0, 0.05) is 27.1 Å². The molecule has 1 heterocycles. The number of anilines is 1. The maximum atomic E-state index is 12.0. The van der Waals surface area contributed by atoms with Crippen molar-refractivity contribution in [3.8, 4) is 11.3 Å². The lowest BCUT2D eigenvalue weighted by atomic mass is 10.2. The summed E-state index contributed by atoms with van der Waals surface area (Å²) >= 11 is 13.2. The predicted octanol–water partition coefficient (Wildman–Crippen LogP) is 5.77. The van der Waals surface area contributed by atoms with Gasteiger partial charge in [-0.3, -0.25) is 10.1 Å². The van der Waals surface area contributed by atoms with Crippen molar-refractivity contribution in [2.24, 2.45) is 0 Å². The number of halogens is 2. The maximum Gasteiger partial charge on any atom is 0.250 e. The van der Waals surface area contributed by atoms with Gasteiger partial charge in [0.25, 0.3) is 0 Å². The molecule has 0 radical (unpaired) electrons. The second-order valence-electron chi connectivity index (χ2n) is 4.92. The Morgan fingerprint density at radius 1 is 1.08 bits per heavy atom. The topological polar surface area (TPSA) is 42.0 Å². The Hall–Kier alpha value is -2.14. The molecule has 0 saturated carbocycles. The molecule has 2 aromatic carbocycles. The minimum Gasteiger partial charge on any atom is -0.298 e. The summed E-state index contributed by atoms with van der Waals surface area (Å²) in [5.74, 6) is -0.244. The van der Waals surface area contributed by atoms with Crippen molar-refractivity contribution in [1.29, 1.82) is 0 Å². The van der Waals surface area contributed by atoms with Crippen LogP contribution in [0.25, 0.3) is 17.3 Å². The van der Waals surface area contributed by atoms with Crippen molar-refractivity contribution in [3.63, 3.8) is 0 Å². The second kappa shape index (κ2) is 7.62. The Balaban J connectivity index is 1.66. The molecule has 3 rings (SSSR count). The van der Waals surface area contributed by atoms with Gasteiger partial charge in [0.05, 0.1) is 5.69 Å². The molecule has 0 aliphatic heterocycles. The Morgan fingerprint density at radius 2 is 1.88 bits per heavy atom. The average molecular weight is 375 g/mol. The second-order valence-corrected chi connectivity index (χ2v) is 6.65. The molecule has 0 unspecified atom stereocenters. The fourth-order valence-electron chi connectivity index (χ4n) is 2.01. The number of benzene rings is 2. The van der Waals surface area contributed by atoms with Crippen molar-refractivity contribution in [2.75, 3.05) is 5.32 Å². The number of aromatic nitrogens is 1.